The molecule has 26 heavy (non-hydrogen) atoms. The molecule has 1 N–H and O–H groups in total. The van der Waals surface area contributed by atoms with Gasteiger partial charge in [0.25, 0.3) is 5.91 Å². The molecular formula is C17H20BrF2N3O3. The maximum atomic E-state index is 12.8. The van der Waals surface area contributed by atoms with Crippen molar-refractivity contribution in [1.29, 1.82) is 0 Å². The maximum absolute atomic E-state index is 12.8. The van der Waals surface area contributed by atoms with Crippen LogP contribution in [0.2, 0.25) is 0 Å². The van der Waals surface area contributed by atoms with Gasteiger partial charge in [0.05, 0.1) is 18.2 Å². The van der Waals surface area contributed by atoms with Crippen LogP contribution in [0.15, 0.2) is 29.0 Å². The summed E-state index contributed by atoms with van der Waals surface area (Å²) in [6.45, 7) is 0.0363. The van der Waals surface area contributed by atoms with Crippen molar-refractivity contribution in [2.75, 3.05) is 20.3 Å². The number of aromatic nitrogens is 2. The second-order valence-corrected chi connectivity index (χ2v) is 6.23. The molecule has 0 atom stereocenters. The van der Waals surface area contributed by atoms with Crippen molar-refractivity contribution in [3.05, 3.63) is 40.4 Å². The van der Waals surface area contributed by atoms with Gasteiger partial charge in [-0.2, -0.15) is 8.78 Å². The molecule has 1 aromatic heterocycles. The predicted octanol–water partition coefficient (Wildman–Crippen LogP) is 3.81. The van der Waals surface area contributed by atoms with E-state index in [2.05, 4.69) is 26.2 Å². The number of carbonyl (C=O) groups is 1. The summed E-state index contributed by atoms with van der Waals surface area (Å²) in [5.74, 6) is 0.833. The molecule has 2 aromatic rings. The quantitative estimate of drug-likeness (QED) is 0.655. The largest absolute Gasteiger partial charge is 0.493 e. The van der Waals surface area contributed by atoms with Crippen molar-refractivity contribution in [2.45, 2.75) is 26.3 Å². The monoisotopic (exact) mass is 431 g/mol. The Labute approximate surface area is 158 Å². The Balaban J connectivity index is 2.02. The summed E-state index contributed by atoms with van der Waals surface area (Å²) in [7, 11) is 1.49. The first kappa shape index (κ1) is 20.2. The van der Waals surface area contributed by atoms with Crippen molar-refractivity contribution < 1.29 is 23.0 Å². The second-order valence-electron chi connectivity index (χ2n) is 5.37. The normalized spacial score (nSPS) is 10.8. The van der Waals surface area contributed by atoms with Crippen molar-refractivity contribution in [3.63, 3.8) is 0 Å². The Hall–Kier alpha value is -2.16. The minimum Gasteiger partial charge on any atom is -0.493 e. The first-order chi connectivity index (χ1) is 12.5. The molecule has 1 aromatic carbocycles. The zero-order valence-electron chi connectivity index (χ0n) is 14.5. The number of benzene rings is 1. The smallest absolute Gasteiger partial charge is 0.319 e. The summed E-state index contributed by atoms with van der Waals surface area (Å²) in [5.41, 5.74) is 0.370. The number of carbonyl (C=O) groups excluding carboxylic acids is 1. The molecule has 0 saturated heterocycles. The lowest BCUT2D eigenvalue weighted by atomic mass is 10.2. The zero-order chi connectivity index (χ0) is 19.1. The van der Waals surface area contributed by atoms with Gasteiger partial charge in [0.2, 0.25) is 0 Å². The van der Waals surface area contributed by atoms with Crippen LogP contribution in [0.3, 0.4) is 0 Å². The van der Waals surface area contributed by atoms with Crippen LogP contribution in [0.5, 0.6) is 11.5 Å². The number of ether oxygens (including phenoxy) is 2. The Morgan fingerprint density at radius 3 is 2.85 bits per heavy atom. The van der Waals surface area contributed by atoms with E-state index in [1.165, 1.54) is 19.5 Å². The van der Waals surface area contributed by atoms with Crippen LogP contribution in [0.4, 0.5) is 8.78 Å². The van der Waals surface area contributed by atoms with Gasteiger partial charge in [-0.25, -0.2) is 4.98 Å². The molecule has 0 aliphatic rings. The highest BCUT2D eigenvalue weighted by Gasteiger charge is 2.16. The van der Waals surface area contributed by atoms with Gasteiger partial charge in [-0.1, -0.05) is 6.92 Å². The van der Waals surface area contributed by atoms with E-state index in [4.69, 9.17) is 9.47 Å². The molecule has 0 fully saturated rings. The molecule has 1 amide bonds. The number of rotatable bonds is 9. The Bertz CT molecular complexity index is 753. The first-order valence-electron chi connectivity index (χ1n) is 8.06. The predicted molar refractivity (Wildman–Crippen MR) is 96.0 cm³/mol. The molecule has 2 rings (SSSR count). The first-order valence-corrected chi connectivity index (χ1v) is 8.85. The van der Waals surface area contributed by atoms with Crippen LogP contribution in [0.1, 0.15) is 36.1 Å². The van der Waals surface area contributed by atoms with Gasteiger partial charge >= 0.3 is 6.55 Å². The molecule has 0 radical (unpaired) electrons. The zero-order valence-corrected chi connectivity index (χ0v) is 16.1. The third kappa shape index (κ3) is 4.94. The summed E-state index contributed by atoms with van der Waals surface area (Å²) >= 11 is 3.38. The van der Waals surface area contributed by atoms with Gasteiger partial charge in [-0.3, -0.25) is 9.36 Å². The van der Waals surface area contributed by atoms with E-state index in [0.29, 0.717) is 28.1 Å². The lowest BCUT2D eigenvalue weighted by Gasteiger charge is -2.14. The SMILES string of the molecule is CCCOc1c(Br)cc(C(=O)NCCc2nccn2C(F)F)cc1OC. The van der Waals surface area contributed by atoms with E-state index in [0.717, 1.165) is 11.0 Å². The summed E-state index contributed by atoms with van der Waals surface area (Å²) < 4.78 is 37.8. The lowest BCUT2D eigenvalue weighted by molar-refractivity contribution is 0.0670. The van der Waals surface area contributed by atoms with Gasteiger partial charge in [-0.15, -0.1) is 0 Å². The highest BCUT2D eigenvalue weighted by Crippen LogP contribution is 2.36. The number of alkyl halides is 2. The summed E-state index contributed by atoms with van der Waals surface area (Å²) in [4.78, 5) is 16.2. The number of halogens is 3. The molecule has 0 saturated carbocycles. The molecule has 0 spiro atoms. The molecule has 142 valence electrons. The standard InChI is InChI=1S/C17H20BrF2N3O3/c1-3-8-26-15-12(18)9-11(10-13(15)25-2)16(24)22-5-4-14-21-6-7-23(14)17(19)20/h6-7,9-10,17H,3-5,8H2,1-2H3,(H,22,24). The number of hydrogen-bond acceptors (Lipinski definition) is 4. The van der Waals surface area contributed by atoms with Crippen LogP contribution >= 0.6 is 15.9 Å². The average Bonchev–Trinajstić information content (AvgIpc) is 3.08. The molecule has 0 aliphatic heterocycles. The molecule has 9 heteroatoms. The minimum absolute atomic E-state index is 0.177. The van der Waals surface area contributed by atoms with Gasteiger partial charge in [-0.05, 0) is 34.5 Å². The fourth-order valence-electron chi connectivity index (χ4n) is 2.30. The van der Waals surface area contributed by atoms with E-state index in [1.54, 1.807) is 12.1 Å². The minimum atomic E-state index is -2.65. The second kappa shape index (κ2) is 9.51. The van der Waals surface area contributed by atoms with Crippen LogP contribution in [0.25, 0.3) is 0 Å². The van der Waals surface area contributed by atoms with E-state index in [9.17, 15) is 13.6 Å². The fraction of sp³-hybridized carbons (Fsp3) is 0.412. The Morgan fingerprint density at radius 1 is 1.42 bits per heavy atom. The van der Waals surface area contributed by atoms with Crippen LogP contribution in [-0.2, 0) is 6.42 Å². The van der Waals surface area contributed by atoms with Crippen molar-refractivity contribution in [1.82, 2.24) is 14.9 Å². The third-order valence-corrected chi connectivity index (χ3v) is 4.12. The van der Waals surface area contributed by atoms with E-state index in [-0.39, 0.29) is 24.7 Å². The van der Waals surface area contributed by atoms with E-state index in [1.807, 2.05) is 6.92 Å². The van der Waals surface area contributed by atoms with Crippen LogP contribution in [-0.4, -0.2) is 35.7 Å². The number of amides is 1. The van der Waals surface area contributed by atoms with Crippen molar-refractivity contribution >= 4 is 21.8 Å². The summed E-state index contributed by atoms with van der Waals surface area (Å²) in [6, 6.07) is 3.20. The lowest BCUT2D eigenvalue weighted by Crippen LogP contribution is -2.26. The third-order valence-electron chi connectivity index (χ3n) is 3.54. The molecule has 6 nitrogen and oxygen atoms in total. The molecule has 0 aliphatic carbocycles. The molecular weight excluding hydrogens is 412 g/mol. The number of nitrogens with zero attached hydrogens (tertiary/aromatic N) is 2. The highest BCUT2D eigenvalue weighted by atomic mass is 79.9. The van der Waals surface area contributed by atoms with Gasteiger partial charge in [0, 0.05) is 30.9 Å². The van der Waals surface area contributed by atoms with E-state index >= 15 is 0 Å². The molecule has 1 heterocycles. The highest BCUT2D eigenvalue weighted by molar-refractivity contribution is 9.10. The average molecular weight is 432 g/mol. The van der Waals surface area contributed by atoms with Crippen LogP contribution in [0, 0.1) is 0 Å². The van der Waals surface area contributed by atoms with Gasteiger partial charge in [0.1, 0.15) is 5.82 Å². The fourth-order valence-corrected chi connectivity index (χ4v) is 2.86. The summed E-state index contributed by atoms with van der Waals surface area (Å²) in [5, 5.41) is 2.69. The Morgan fingerprint density at radius 2 is 2.19 bits per heavy atom. The van der Waals surface area contributed by atoms with Crippen LogP contribution < -0.4 is 14.8 Å². The maximum Gasteiger partial charge on any atom is 0.319 e. The van der Waals surface area contributed by atoms with Gasteiger partial charge in [0.15, 0.2) is 11.5 Å². The topological polar surface area (TPSA) is 65.4 Å². The number of nitrogens with one attached hydrogen (secondary N) is 1. The number of imidazole rings is 1. The molecule has 0 bridgehead atoms. The van der Waals surface area contributed by atoms with E-state index < -0.39 is 6.55 Å². The number of methoxy groups -OCH3 is 1. The number of hydrogen-bond donors (Lipinski definition) is 1. The van der Waals surface area contributed by atoms with Crippen molar-refractivity contribution in [2.24, 2.45) is 0 Å². The Kier molecular flexibility index (Phi) is 7.38. The van der Waals surface area contributed by atoms with Gasteiger partial charge < -0.3 is 14.8 Å². The molecule has 0 unspecified atom stereocenters. The van der Waals surface area contributed by atoms with Crippen molar-refractivity contribution in [3.8, 4) is 11.5 Å². The summed E-state index contributed by atoms with van der Waals surface area (Å²) in [6.07, 6.45) is 3.55.